The molecule has 1 unspecified atom stereocenters. The molecule has 0 aromatic heterocycles. The van der Waals surface area contributed by atoms with Gasteiger partial charge >= 0.3 is 0 Å². The van der Waals surface area contributed by atoms with Crippen molar-refractivity contribution in [1.82, 2.24) is 5.01 Å². The molecule has 0 aliphatic rings. The molecule has 0 bridgehead atoms. The fraction of sp³-hybridized carbons (Fsp3) is 1.00. The van der Waals surface area contributed by atoms with Crippen molar-refractivity contribution in [2.24, 2.45) is 11.8 Å². The first-order valence-corrected chi connectivity index (χ1v) is 4.59. The third-order valence-electron chi connectivity index (χ3n) is 2.12. The molecule has 0 rings (SSSR count). The molecule has 0 fully saturated rings. The molecule has 0 radical (unpaired) electrons. The number of hydrazine groups is 1. The lowest BCUT2D eigenvalue weighted by molar-refractivity contribution is 0.198. The second-order valence-corrected chi connectivity index (χ2v) is 3.68. The van der Waals surface area contributed by atoms with Crippen LogP contribution in [0.4, 0.5) is 0 Å². The lowest BCUT2D eigenvalue weighted by atomic mass is 10.1. The predicted octanol–water partition coefficient (Wildman–Crippen LogP) is 2.01. The highest BCUT2D eigenvalue weighted by atomic mass is 15.4. The number of nitrogens with zero attached hydrogens (tertiary/aromatic N) is 1. The monoisotopic (exact) mass is 158 g/mol. The Labute approximate surface area is 70.7 Å². The van der Waals surface area contributed by atoms with Gasteiger partial charge in [-0.15, -0.1) is 0 Å². The fourth-order valence-corrected chi connectivity index (χ4v) is 0.862. The zero-order valence-corrected chi connectivity index (χ0v) is 8.30. The van der Waals surface area contributed by atoms with E-state index in [1.54, 1.807) is 0 Å². The van der Waals surface area contributed by atoms with E-state index in [-0.39, 0.29) is 0 Å². The van der Waals surface area contributed by atoms with Crippen molar-refractivity contribution in [3.8, 4) is 0 Å². The molecule has 0 spiro atoms. The van der Waals surface area contributed by atoms with Crippen LogP contribution in [-0.4, -0.2) is 17.6 Å². The van der Waals surface area contributed by atoms with E-state index in [4.69, 9.17) is 5.84 Å². The summed E-state index contributed by atoms with van der Waals surface area (Å²) < 4.78 is 0. The van der Waals surface area contributed by atoms with E-state index in [1.807, 2.05) is 5.01 Å². The summed E-state index contributed by atoms with van der Waals surface area (Å²) in [6.45, 7) is 9.81. The summed E-state index contributed by atoms with van der Waals surface area (Å²) in [6, 6.07) is 0.522. The molecule has 0 aliphatic carbocycles. The summed E-state index contributed by atoms with van der Waals surface area (Å²) in [6.07, 6.45) is 2.33. The van der Waals surface area contributed by atoms with Gasteiger partial charge in [0.25, 0.3) is 0 Å². The molecule has 0 aromatic carbocycles. The molecule has 2 N–H and O–H groups in total. The summed E-state index contributed by atoms with van der Waals surface area (Å²) in [4.78, 5) is 0. The standard InChI is InChI=1S/C9H22N2/c1-5-9(4)11(10)7-6-8(2)3/h8-9H,5-7,10H2,1-4H3. The molecule has 68 valence electrons. The predicted molar refractivity (Wildman–Crippen MR) is 50.1 cm³/mol. The maximum Gasteiger partial charge on any atom is 0.0210 e. The van der Waals surface area contributed by atoms with Crippen LogP contribution >= 0.6 is 0 Å². The van der Waals surface area contributed by atoms with Gasteiger partial charge in [-0.1, -0.05) is 20.8 Å². The van der Waals surface area contributed by atoms with Gasteiger partial charge in [-0.3, -0.25) is 5.84 Å². The summed E-state index contributed by atoms with van der Waals surface area (Å²) in [5.41, 5.74) is 0. The number of nitrogens with two attached hydrogens (primary N) is 1. The van der Waals surface area contributed by atoms with Gasteiger partial charge in [-0.05, 0) is 25.7 Å². The minimum absolute atomic E-state index is 0.522. The first-order valence-electron chi connectivity index (χ1n) is 4.59. The Balaban J connectivity index is 3.43. The van der Waals surface area contributed by atoms with Crippen molar-refractivity contribution in [1.29, 1.82) is 0 Å². The van der Waals surface area contributed by atoms with E-state index >= 15 is 0 Å². The first-order chi connectivity index (χ1) is 5.07. The number of hydrogen-bond donors (Lipinski definition) is 1. The van der Waals surface area contributed by atoms with Crippen LogP contribution in [0.25, 0.3) is 0 Å². The van der Waals surface area contributed by atoms with Gasteiger partial charge in [0.2, 0.25) is 0 Å². The molecule has 2 nitrogen and oxygen atoms in total. The van der Waals surface area contributed by atoms with Gasteiger partial charge in [0.1, 0.15) is 0 Å². The third kappa shape index (κ3) is 5.22. The Bertz CT molecular complexity index is 91.6. The van der Waals surface area contributed by atoms with Crippen LogP contribution in [0.15, 0.2) is 0 Å². The van der Waals surface area contributed by atoms with Crippen LogP contribution in [0.1, 0.15) is 40.5 Å². The van der Waals surface area contributed by atoms with Gasteiger partial charge < -0.3 is 0 Å². The number of rotatable bonds is 5. The van der Waals surface area contributed by atoms with E-state index in [0.29, 0.717) is 6.04 Å². The van der Waals surface area contributed by atoms with Crippen LogP contribution in [-0.2, 0) is 0 Å². The highest BCUT2D eigenvalue weighted by Gasteiger charge is 2.06. The van der Waals surface area contributed by atoms with Gasteiger partial charge in [0, 0.05) is 12.6 Å². The normalized spacial score (nSPS) is 14.5. The molecule has 2 heteroatoms. The molecule has 0 aromatic rings. The van der Waals surface area contributed by atoms with E-state index in [1.165, 1.54) is 6.42 Å². The van der Waals surface area contributed by atoms with E-state index in [0.717, 1.165) is 18.9 Å². The zero-order valence-electron chi connectivity index (χ0n) is 8.30. The second kappa shape index (κ2) is 5.56. The Hall–Kier alpha value is -0.0800. The van der Waals surface area contributed by atoms with E-state index in [2.05, 4.69) is 27.7 Å². The quantitative estimate of drug-likeness (QED) is 0.490. The topological polar surface area (TPSA) is 29.3 Å². The molecule has 11 heavy (non-hydrogen) atoms. The van der Waals surface area contributed by atoms with Crippen molar-refractivity contribution in [2.45, 2.75) is 46.6 Å². The van der Waals surface area contributed by atoms with Crippen molar-refractivity contribution in [3.05, 3.63) is 0 Å². The van der Waals surface area contributed by atoms with Gasteiger partial charge in [-0.2, -0.15) is 0 Å². The largest absolute Gasteiger partial charge is 0.269 e. The van der Waals surface area contributed by atoms with E-state index < -0.39 is 0 Å². The summed E-state index contributed by atoms with van der Waals surface area (Å²) in [5, 5.41) is 1.94. The molecule has 0 saturated heterocycles. The average molecular weight is 158 g/mol. The SMILES string of the molecule is CCC(C)N(N)CCC(C)C. The summed E-state index contributed by atoms with van der Waals surface area (Å²) in [7, 11) is 0. The Kier molecular flexibility index (Phi) is 5.51. The van der Waals surface area contributed by atoms with E-state index in [9.17, 15) is 0 Å². The summed E-state index contributed by atoms with van der Waals surface area (Å²) in [5.74, 6) is 6.56. The van der Waals surface area contributed by atoms with Crippen molar-refractivity contribution in [2.75, 3.05) is 6.54 Å². The molecule has 1 atom stereocenters. The minimum Gasteiger partial charge on any atom is -0.269 e. The van der Waals surface area contributed by atoms with Crippen LogP contribution in [0, 0.1) is 5.92 Å². The van der Waals surface area contributed by atoms with Crippen LogP contribution < -0.4 is 5.84 Å². The van der Waals surface area contributed by atoms with Crippen LogP contribution in [0.3, 0.4) is 0 Å². The maximum atomic E-state index is 5.81. The lowest BCUT2D eigenvalue weighted by Gasteiger charge is -2.23. The maximum absolute atomic E-state index is 5.81. The molecule has 0 aliphatic heterocycles. The highest BCUT2D eigenvalue weighted by Crippen LogP contribution is 2.03. The second-order valence-electron chi connectivity index (χ2n) is 3.68. The van der Waals surface area contributed by atoms with Crippen LogP contribution in [0.5, 0.6) is 0 Å². The Morgan fingerprint density at radius 2 is 1.82 bits per heavy atom. The third-order valence-corrected chi connectivity index (χ3v) is 2.12. The average Bonchev–Trinajstić information content (AvgIpc) is 1.98. The molecule has 0 saturated carbocycles. The lowest BCUT2D eigenvalue weighted by Crippen LogP contribution is -2.39. The highest BCUT2D eigenvalue weighted by molar-refractivity contribution is 4.59. The van der Waals surface area contributed by atoms with Crippen molar-refractivity contribution in [3.63, 3.8) is 0 Å². The molecule has 0 amide bonds. The first kappa shape index (κ1) is 10.9. The summed E-state index contributed by atoms with van der Waals surface area (Å²) >= 11 is 0. The van der Waals surface area contributed by atoms with Crippen molar-refractivity contribution >= 4 is 0 Å². The Morgan fingerprint density at radius 1 is 1.27 bits per heavy atom. The molecular weight excluding hydrogens is 136 g/mol. The van der Waals surface area contributed by atoms with Gasteiger partial charge in [0.05, 0.1) is 0 Å². The minimum atomic E-state index is 0.522. The number of hydrogen-bond acceptors (Lipinski definition) is 2. The van der Waals surface area contributed by atoms with Crippen LogP contribution in [0.2, 0.25) is 0 Å². The smallest absolute Gasteiger partial charge is 0.0210 e. The molecular formula is C9H22N2. The molecule has 0 heterocycles. The zero-order chi connectivity index (χ0) is 8.85. The van der Waals surface area contributed by atoms with Gasteiger partial charge in [-0.25, -0.2) is 5.01 Å². The van der Waals surface area contributed by atoms with Crippen molar-refractivity contribution < 1.29 is 0 Å². The Morgan fingerprint density at radius 3 is 2.18 bits per heavy atom. The van der Waals surface area contributed by atoms with Gasteiger partial charge in [0.15, 0.2) is 0 Å². The fourth-order valence-electron chi connectivity index (χ4n) is 0.862.